The van der Waals surface area contributed by atoms with E-state index in [-0.39, 0.29) is 17.6 Å². The van der Waals surface area contributed by atoms with E-state index in [1.807, 2.05) is 27.7 Å². The van der Waals surface area contributed by atoms with Crippen LogP contribution in [0.3, 0.4) is 0 Å². The van der Waals surface area contributed by atoms with Crippen molar-refractivity contribution in [3.05, 3.63) is 0 Å². The maximum absolute atomic E-state index is 6.47. The molecular formula is C17H35ClO4. The molecule has 0 aromatic heterocycles. The summed E-state index contributed by atoms with van der Waals surface area (Å²) in [4.78, 5) is 21.4. The molecule has 0 heterocycles. The van der Waals surface area contributed by atoms with Gasteiger partial charge in [0.25, 0.3) is 0 Å². The third-order valence-electron chi connectivity index (χ3n) is 3.38. The largest absolute Gasteiger partial charge is 0.307 e. The van der Waals surface area contributed by atoms with Gasteiger partial charge in [-0.2, -0.15) is 9.78 Å². The van der Waals surface area contributed by atoms with Gasteiger partial charge >= 0.3 is 5.25 Å². The van der Waals surface area contributed by atoms with Gasteiger partial charge in [0, 0.05) is 6.42 Å². The third-order valence-corrected chi connectivity index (χ3v) is 3.66. The molecule has 0 aliphatic heterocycles. The van der Waals surface area contributed by atoms with E-state index in [0.717, 1.165) is 19.3 Å². The highest BCUT2D eigenvalue weighted by atomic mass is 35.5. The molecule has 0 aliphatic rings. The number of hydrogen-bond acceptors (Lipinski definition) is 4. The van der Waals surface area contributed by atoms with Crippen LogP contribution in [0.4, 0.5) is 0 Å². The summed E-state index contributed by atoms with van der Waals surface area (Å²) < 4.78 is 0. The van der Waals surface area contributed by atoms with E-state index in [2.05, 4.69) is 27.7 Å². The lowest BCUT2D eigenvalue weighted by Crippen LogP contribution is -2.35. The molecule has 0 radical (unpaired) electrons. The molecule has 0 aromatic carbocycles. The van der Waals surface area contributed by atoms with Crippen LogP contribution in [-0.2, 0) is 19.6 Å². The molecule has 0 rings (SSSR count). The molecule has 3 atom stereocenters. The molecule has 22 heavy (non-hydrogen) atoms. The fourth-order valence-corrected chi connectivity index (χ4v) is 2.40. The zero-order chi connectivity index (χ0) is 17.4. The van der Waals surface area contributed by atoms with Gasteiger partial charge in [0.15, 0.2) is 0 Å². The van der Waals surface area contributed by atoms with Crippen LogP contribution in [-0.4, -0.2) is 17.5 Å². The van der Waals surface area contributed by atoms with E-state index < -0.39 is 5.25 Å². The molecule has 134 valence electrons. The molecule has 0 bridgehead atoms. The van der Waals surface area contributed by atoms with Crippen molar-refractivity contribution >= 4 is 11.6 Å². The van der Waals surface area contributed by atoms with Crippen LogP contribution in [0, 0.1) is 11.3 Å². The van der Waals surface area contributed by atoms with Gasteiger partial charge < -0.3 is 0 Å². The van der Waals surface area contributed by atoms with Crippen molar-refractivity contribution in [2.75, 3.05) is 0 Å². The van der Waals surface area contributed by atoms with Crippen LogP contribution in [0.25, 0.3) is 0 Å². The van der Waals surface area contributed by atoms with E-state index in [1.165, 1.54) is 0 Å². The van der Waals surface area contributed by atoms with Gasteiger partial charge in [0.05, 0.1) is 12.2 Å². The lowest BCUT2D eigenvalue weighted by atomic mass is 9.84. The van der Waals surface area contributed by atoms with Crippen molar-refractivity contribution in [2.45, 2.75) is 98.5 Å². The maximum atomic E-state index is 6.47. The van der Waals surface area contributed by atoms with Crippen LogP contribution < -0.4 is 0 Å². The summed E-state index contributed by atoms with van der Waals surface area (Å²) in [5.74, 6) is 0.304. The zero-order valence-electron chi connectivity index (χ0n) is 15.6. The Kier molecular flexibility index (Phi) is 10.1. The number of halogens is 1. The van der Waals surface area contributed by atoms with E-state index in [9.17, 15) is 0 Å². The number of alkyl halides is 1. The monoisotopic (exact) mass is 338 g/mol. The first-order chi connectivity index (χ1) is 10.0. The molecule has 0 aliphatic carbocycles. The smallest absolute Gasteiger partial charge is 0.229 e. The summed E-state index contributed by atoms with van der Waals surface area (Å²) >= 11 is 6.47. The first-order valence-electron chi connectivity index (χ1n) is 8.39. The number of rotatable bonds is 11. The van der Waals surface area contributed by atoms with Gasteiger partial charge in [-0.1, -0.05) is 53.1 Å². The van der Waals surface area contributed by atoms with Crippen molar-refractivity contribution in [2.24, 2.45) is 11.3 Å². The Labute approximate surface area is 141 Å². The number of hydrogen-bond donors (Lipinski definition) is 0. The Morgan fingerprint density at radius 3 is 1.55 bits per heavy atom. The first kappa shape index (κ1) is 22.1. The standard InChI is InChI=1S/C17H35ClO4/c1-9-14(4)19-21-17(18,22-20-15(5)10-2)12-13(3)11-16(6,7)8/h13-15H,9-12H2,1-8H3. The SMILES string of the molecule is CCC(C)OOC(Cl)(CC(C)CC(C)(C)C)OOC(C)CC. The van der Waals surface area contributed by atoms with Crippen LogP contribution in [0.5, 0.6) is 0 Å². The Balaban J connectivity index is 4.68. The summed E-state index contributed by atoms with van der Waals surface area (Å²) in [5.41, 5.74) is 0.215. The van der Waals surface area contributed by atoms with Crippen LogP contribution in [0.2, 0.25) is 0 Å². The second kappa shape index (κ2) is 10.1. The molecule has 0 saturated heterocycles. The average Bonchev–Trinajstić information content (AvgIpc) is 2.40. The van der Waals surface area contributed by atoms with Gasteiger partial charge in [-0.3, -0.25) is 0 Å². The van der Waals surface area contributed by atoms with Crippen molar-refractivity contribution < 1.29 is 19.6 Å². The predicted octanol–water partition coefficient (Wildman–Crippen LogP) is 5.83. The van der Waals surface area contributed by atoms with Gasteiger partial charge in [-0.15, -0.1) is 0 Å². The molecule has 0 N–H and O–H groups in total. The Bertz CT molecular complexity index is 277. The van der Waals surface area contributed by atoms with Crippen molar-refractivity contribution in [1.82, 2.24) is 0 Å². The first-order valence-corrected chi connectivity index (χ1v) is 8.77. The van der Waals surface area contributed by atoms with Crippen LogP contribution in [0.15, 0.2) is 0 Å². The van der Waals surface area contributed by atoms with Gasteiger partial charge in [0.2, 0.25) is 0 Å². The minimum Gasteiger partial charge on any atom is -0.229 e. The van der Waals surface area contributed by atoms with Crippen molar-refractivity contribution in [1.29, 1.82) is 0 Å². The maximum Gasteiger partial charge on any atom is 0.307 e. The topological polar surface area (TPSA) is 36.9 Å². The summed E-state index contributed by atoms with van der Waals surface area (Å²) in [6, 6.07) is 0. The highest BCUT2D eigenvalue weighted by Crippen LogP contribution is 2.35. The van der Waals surface area contributed by atoms with E-state index in [1.54, 1.807) is 0 Å². The summed E-state index contributed by atoms with van der Waals surface area (Å²) in [5, 5.41) is -1.42. The molecule has 0 spiro atoms. The third kappa shape index (κ3) is 10.8. The fourth-order valence-electron chi connectivity index (χ4n) is 2.06. The minimum absolute atomic E-state index is 0.0526. The second-order valence-electron chi connectivity index (χ2n) is 7.53. The normalized spacial score (nSPS) is 19.5. The highest BCUT2D eigenvalue weighted by Gasteiger charge is 2.37. The Hall–Kier alpha value is 0.130. The molecular weight excluding hydrogens is 304 g/mol. The summed E-state index contributed by atoms with van der Waals surface area (Å²) in [6.07, 6.45) is 3.04. The van der Waals surface area contributed by atoms with Crippen molar-refractivity contribution in [3.63, 3.8) is 0 Å². The minimum atomic E-state index is -1.42. The zero-order valence-corrected chi connectivity index (χ0v) is 16.3. The molecule has 0 saturated carbocycles. The predicted molar refractivity (Wildman–Crippen MR) is 90.3 cm³/mol. The fraction of sp³-hybridized carbons (Fsp3) is 1.00. The summed E-state index contributed by atoms with van der Waals surface area (Å²) in [6.45, 7) is 16.6. The summed E-state index contributed by atoms with van der Waals surface area (Å²) in [7, 11) is 0. The van der Waals surface area contributed by atoms with Crippen molar-refractivity contribution in [3.8, 4) is 0 Å². The molecule has 3 unspecified atom stereocenters. The Morgan fingerprint density at radius 1 is 0.818 bits per heavy atom. The van der Waals surface area contributed by atoms with Crippen LogP contribution in [0.1, 0.15) is 81.1 Å². The van der Waals surface area contributed by atoms with Gasteiger partial charge in [0.1, 0.15) is 0 Å². The van der Waals surface area contributed by atoms with Gasteiger partial charge in [-0.05, 0) is 44.4 Å². The van der Waals surface area contributed by atoms with E-state index in [4.69, 9.17) is 31.2 Å². The average molecular weight is 339 g/mol. The molecule has 0 amide bonds. The van der Waals surface area contributed by atoms with Gasteiger partial charge in [-0.25, -0.2) is 9.78 Å². The second-order valence-corrected chi connectivity index (χ2v) is 8.11. The lowest BCUT2D eigenvalue weighted by molar-refractivity contribution is -0.500. The molecule has 5 heteroatoms. The van der Waals surface area contributed by atoms with E-state index in [0.29, 0.717) is 12.3 Å². The quantitative estimate of drug-likeness (QED) is 0.205. The Morgan fingerprint density at radius 2 is 1.23 bits per heavy atom. The highest BCUT2D eigenvalue weighted by molar-refractivity contribution is 6.21. The van der Waals surface area contributed by atoms with E-state index >= 15 is 0 Å². The van der Waals surface area contributed by atoms with Crippen LogP contribution >= 0.6 is 11.6 Å². The molecule has 0 fully saturated rings. The molecule has 4 nitrogen and oxygen atoms in total. The molecule has 0 aromatic rings. The lowest BCUT2D eigenvalue weighted by Gasteiger charge is -2.31.